The summed E-state index contributed by atoms with van der Waals surface area (Å²) in [6, 6.07) is 7.62. The first-order valence-corrected chi connectivity index (χ1v) is 7.32. The average molecular weight is 331 g/mol. The number of ether oxygens (including phenoxy) is 2. The molecule has 22 heavy (non-hydrogen) atoms. The molecule has 0 aliphatic rings. The molecule has 0 aromatic heterocycles. The monoisotopic (exact) mass is 330 g/mol. The van der Waals surface area contributed by atoms with Gasteiger partial charge in [-0.05, 0) is 31.5 Å². The first-order valence-electron chi connectivity index (χ1n) is 7.32. The third kappa shape index (κ3) is 8.34. The topological polar surface area (TPSA) is 73.6 Å². The van der Waals surface area contributed by atoms with E-state index in [1.807, 2.05) is 38.1 Å². The minimum atomic E-state index is -0.196. The van der Waals surface area contributed by atoms with Crippen LogP contribution in [-0.2, 0) is 20.9 Å². The Bertz CT molecular complexity index is 441. The number of nitrogens with one attached hydrogen (secondary N) is 1. The van der Waals surface area contributed by atoms with E-state index in [-0.39, 0.29) is 30.3 Å². The van der Waals surface area contributed by atoms with Crippen LogP contribution in [0.1, 0.15) is 26.3 Å². The second-order valence-electron chi connectivity index (χ2n) is 5.30. The third-order valence-corrected chi connectivity index (χ3v) is 2.94. The van der Waals surface area contributed by atoms with E-state index in [9.17, 15) is 4.79 Å². The fourth-order valence-corrected chi connectivity index (χ4v) is 1.64. The molecular weight excluding hydrogens is 304 g/mol. The number of hydrogen-bond acceptors (Lipinski definition) is 4. The number of hydrogen-bond donors (Lipinski definition) is 2. The summed E-state index contributed by atoms with van der Waals surface area (Å²) >= 11 is 0. The summed E-state index contributed by atoms with van der Waals surface area (Å²) in [5.74, 6) is -0.265. The van der Waals surface area contributed by atoms with Gasteiger partial charge in [-0.15, -0.1) is 12.4 Å². The molecule has 0 saturated carbocycles. The van der Waals surface area contributed by atoms with Gasteiger partial charge in [0.15, 0.2) is 0 Å². The summed E-state index contributed by atoms with van der Waals surface area (Å²) in [6.07, 6.45) is 0.219. The lowest BCUT2D eigenvalue weighted by Crippen LogP contribution is -2.26. The van der Waals surface area contributed by atoms with Gasteiger partial charge in [-0.1, -0.05) is 19.1 Å². The highest BCUT2D eigenvalue weighted by Gasteiger charge is 2.10. The van der Waals surface area contributed by atoms with E-state index in [0.717, 1.165) is 11.3 Å². The molecule has 6 heteroatoms. The van der Waals surface area contributed by atoms with Crippen LogP contribution in [0, 0.1) is 5.92 Å². The molecule has 1 unspecified atom stereocenters. The second-order valence-corrected chi connectivity index (χ2v) is 5.30. The van der Waals surface area contributed by atoms with E-state index in [0.29, 0.717) is 26.4 Å². The molecule has 0 radical (unpaired) electrons. The highest BCUT2D eigenvalue weighted by Crippen LogP contribution is 2.12. The molecule has 5 nitrogen and oxygen atoms in total. The van der Waals surface area contributed by atoms with Crippen molar-refractivity contribution in [1.82, 2.24) is 0 Å². The molecule has 0 saturated heterocycles. The van der Waals surface area contributed by atoms with Gasteiger partial charge in [0.2, 0.25) is 5.91 Å². The SMILES string of the molecule is CC(C)OCCOCc1cccc(NC(=O)C(C)CN)c1.Cl. The largest absolute Gasteiger partial charge is 0.376 e. The zero-order chi connectivity index (χ0) is 15.7. The Morgan fingerprint density at radius 1 is 1.27 bits per heavy atom. The quantitative estimate of drug-likeness (QED) is 0.682. The smallest absolute Gasteiger partial charge is 0.228 e. The number of halogens is 1. The molecule has 0 spiro atoms. The fourth-order valence-electron chi connectivity index (χ4n) is 1.64. The van der Waals surface area contributed by atoms with Crippen LogP contribution in [0.4, 0.5) is 5.69 Å². The lowest BCUT2D eigenvalue weighted by atomic mass is 10.1. The van der Waals surface area contributed by atoms with Crippen molar-refractivity contribution in [3.63, 3.8) is 0 Å². The highest BCUT2D eigenvalue weighted by molar-refractivity contribution is 5.92. The Balaban J connectivity index is 0.00000441. The van der Waals surface area contributed by atoms with Crippen molar-refractivity contribution in [2.75, 3.05) is 25.1 Å². The molecule has 1 amide bonds. The predicted octanol–water partition coefficient (Wildman–Crippen LogP) is 2.58. The zero-order valence-corrected chi connectivity index (χ0v) is 14.3. The molecule has 1 aromatic rings. The van der Waals surface area contributed by atoms with Crippen LogP contribution in [0.3, 0.4) is 0 Å². The fraction of sp³-hybridized carbons (Fsp3) is 0.562. The van der Waals surface area contributed by atoms with Gasteiger partial charge in [-0.25, -0.2) is 0 Å². The standard InChI is InChI=1S/C16H26N2O3.ClH/c1-12(2)21-8-7-20-11-14-5-4-6-15(9-14)18-16(19)13(3)10-17;/h4-6,9,12-13H,7-8,10-11,17H2,1-3H3,(H,18,19);1H. The van der Waals surface area contributed by atoms with Gasteiger partial charge in [0.05, 0.1) is 25.9 Å². The van der Waals surface area contributed by atoms with Crippen molar-refractivity contribution < 1.29 is 14.3 Å². The Labute approximate surface area is 139 Å². The van der Waals surface area contributed by atoms with Crippen LogP contribution < -0.4 is 11.1 Å². The number of carbonyl (C=O) groups is 1. The van der Waals surface area contributed by atoms with E-state index in [2.05, 4.69) is 5.32 Å². The first-order chi connectivity index (χ1) is 10.0. The Morgan fingerprint density at radius 3 is 2.64 bits per heavy atom. The van der Waals surface area contributed by atoms with Crippen molar-refractivity contribution in [1.29, 1.82) is 0 Å². The van der Waals surface area contributed by atoms with Crippen molar-refractivity contribution in [3.8, 4) is 0 Å². The Morgan fingerprint density at radius 2 is 2.00 bits per heavy atom. The molecule has 0 aliphatic carbocycles. The lowest BCUT2D eigenvalue weighted by Gasteiger charge is -2.11. The van der Waals surface area contributed by atoms with Crippen molar-refractivity contribution in [3.05, 3.63) is 29.8 Å². The van der Waals surface area contributed by atoms with Gasteiger partial charge >= 0.3 is 0 Å². The maximum absolute atomic E-state index is 11.8. The molecule has 3 N–H and O–H groups in total. The summed E-state index contributed by atoms with van der Waals surface area (Å²) in [6.45, 7) is 7.77. The zero-order valence-electron chi connectivity index (χ0n) is 13.5. The van der Waals surface area contributed by atoms with Gasteiger partial charge in [0, 0.05) is 18.2 Å². The summed E-state index contributed by atoms with van der Waals surface area (Å²) in [5.41, 5.74) is 7.25. The Hall–Kier alpha value is -1.14. The van der Waals surface area contributed by atoms with Crippen LogP contribution in [0.2, 0.25) is 0 Å². The summed E-state index contributed by atoms with van der Waals surface area (Å²) < 4.78 is 10.9. The summed E-state index contributed by atoms with van der Waals surface area (Å²) in [4.78, 5) is 11.8. The Kier molecular flexibility index (Phi) is 10.8. The van der Waals surface area contributed by atoms with Crippen molar-refractivity contribution >= 4 is 24.0 Å². The molecular formula is C16H27ClN2O3. The molecule has 1 atom stereocenters. The minimum Gasteiger partial charge on any atom is -0.376 e. The maximum atomic E-state index is 11.8. The molecule has 0 fully saturated rings. The normalized spacial score (nSPS) is 11.9. The summed E-state index contributed by atoms with van der Waals surface area (Å²) in [7, 11) is 0. The van der Waals surface area contributed by atoms with E-state index in [4.69, 9.17) is 15.2 Å². The van der Waals surface area contributed by atoms with E-state index >= 15 is 0 Å². The maximum Gasteiger partial charge on any atom is 0.228 e. The molecule has 1 aromatic carbocycles. The lowest BCUT2D eigenvalue weighted by molar-refractivity contribution is -0.119. The van der Waals surface area contributed by atoms with Crippen LogP contribution in [0.5, 0.6) is 0 Å². The second kappa shape index (κ2) is 11.4. The van der Waals surface area contributed by atoms with E-state index < -0.39 is 0 Å². The van der Waals surface area contributed by atoms with Crippen molar-refractivity contribution in [2.45, 2.75) is 33.5 Å². The van der Waals surface area contributed by atoms with Crippen LogP contribution in [0.25, 0.3) is 0 Å². The number of carbonyl (C=O) groups excluding carboxylic acids is 1. The minimum absolute atomic E-state index is 0. The highest BCUT2D eigenvalue weighted by atomic mass is 35.5. The van der Waals surface area contributed by atoms with Gasteiger partial charge in [0.25, 0.3) is 0 Å². The third-order valence-electron chi connectivity index (χ3n) is 2.94. The van der Waals surface area contributed by atoms with E-state index in [1.54, 1.807) is 6.92 Å². The number of benzene rings is 1. The molecule has 0 bridgehead atoms. The molecule has 1 rings (SSSR count). The number of rotatable bonds is 9. The van der Waals surface area contributed by atoms with Gasteiger partial charge < -0.3 is 20.5 Å². The van der Waals surface area contributed by atoms with Gasteiger partial charge in [-0.3, -0.25) is 4.79 Å². The summed E-state index contributed by atoms with van der Waals surface area (Å²) in [5, 5.41) is 2.85. The first kappa shape index (κ1) is 20.9. The van der Waals surface area contributed by atoms with Crippen LogP contribution in [0.15, 0.2) is 24.3 Å². The number of amides is 1. The van der Waals surface area contributed by atoms with Gasteiger partial charge in [0.1, 0.15) is 0 Å². The van der Waals surface area contributed by atoms with E-state index in [1.165, 1.54) is 0 Å². The predicted molar refractivity (Wildman–Crippen MR) is 91.3 cm³/mol. The molecule has 0 heterocycles. The molecule has 126 valence electrons. The number of nitrogens with two attached hydrogens (primary N) is 1. The number of anilines is 1. The molecule has 0 aliphatic heterocycles. The average Bonchev–Trinajstić information content (AvgIpc) is 2.46. The van der Waals surface area contributed by atoms with Gasteiger partial charge in [-0.2, -0.15) is 0 Å². The van der Waals surface area contributed by atoms with Crippen molar-refractivity contribution in [2.24, 2.45) is 11.7 Å². The van der Waals surface area contributed by atoms with Crippen LogP contribution in [-0.4, -0.2) is 31.8 Å². The van der Waals surface area contributed by atoms with Crippen LogP contribution >= 0.6 is 12.4 Å².